The molecule has 0 saturated heterocycles. The zero-order valence-corrected chi connectivity index (χ0v) is 18.7. The van der Waals surface area contributed by atoms with Crippen LogP contribution >= 0.6 is 0 Å². The minimum atomic E-state index is -0.265. The van der Waals surface area contributed by atoms with Crippen LogP contribution in [0, 0.1) is 40.4 Å². The SMILES string of the molecule is COCO[C@H]1C[C@@H]2CCC3C4CC[C@H](CO)[C@]4(C(C)=O)CCC3[C@@]2(C)C[C@@H]1OC. The molecule has 0 aromatic heterocycles. The molecule has 4 aliphatic carbocycles. The van der Waals surface area contributed by atoms with Gasteiger partial charge in [0.05, 0.1) is 12.2 Å². The smallest absolute Gasteiger partial charge is 0.146 e. The van der Waals surface area contributed by atoms with E-state index < -0.39 is 0 Å². The van der Waals surface area contributed by atoms with Gasteiger partial charge in [0.1, 0.15) is 12.6 Å². The summed E-state index contributed by atoms with van der Waals surface area (Å²) in [6.07, 6.45) is 8.94. The number of rotatable bonds is 6. The lowest BCUT2D eigenvalue weighted by Crippen LogP contribution is -2.58. The van der Waals surface area contributed by atoms with Crippen molar-refractivity contribution in [2.24, 2.45) is 40.4 Å². The summed E-state index contributed by atoms with van der Waals surface area (Å²) in [7, 11) is 3.48. The van der Waals surface area contributed by atoms with Gasteiger partial charge in [-0.25, -0.2) is 0 Å². The highest BCUT2D eigenvalue weighted by atomic mass is 16.7. The van der Waals surface area contributed by atoms with Crippen LogP contribution in [0.4, 0.5) is 0 Å². The van der Waals surface area contributed by atoms with Crippen LogP contribution in [0.5, 0.6) is 0 Å². The highest BCUT2D eigenvalue weighted by Gasteiger charge is 2.64. The van der Waals surface area contributed by atoms with Gasteiger partial charge in [0.15, 0.2) is 0 Å². The predicted molar refractivity (Wildman–Crippen MR) is 110 cm³/mol. The number of methoxy groups -OCH3 is 2. The molecule has 0 heterocycles. The topological polar surface area (TPSA) is 65.0 Å². The lowest BCUT2D eigenvalue weighted by molar-refractivity contribution is -0.197. The average Bonchev–Trinajstić information content (AvgIpc) is 3.11. The van der Waals surface area contributed by atoms with Gasteiger partial charge >= 0.3 is 0 Å². The molecule has 4 saturated carbocycles. The third kappa shape index (κ3) is 3.22. The summed E-state index contributed by atoms with van der Waals surface area (Å²) in [5.74, 6) is 2.86. The van der Waals surface area contributed by atoms with Crippen molar-refractivity contribution in [1.82, 2.24) is 0 Å². The molecule has 0 aromatic carbocycles. The Hall–Kier alpha value is -0.490. The molecule has 0 aliphatic heterocycles. The first-order chi connectivity index (χ1) is 13.9. The van der Waals surface area contributed by atoms with Gasteiger partial charge in [-0.1, -0.05) is 6.92 Å². The third-order valence-electron chi connectivity index (χ3n) is 9.90. The van der Waals surface area contributed by atoms with E-state index in [0.29, 0.717) is 36.2 Å². The van der Waals surface area contributed by atoms with E-state index in [1.54, 1.807) is 14.0 Å². The van der Waals surface area contributed by atoms with Crippen LogP contribution in [0.25, 0.3) is 0 Å². The number of hydrogen-bond acceptors (Lipinski definition) is 5. The van der Waals surface area contributed by atoms with E-state index in [0.717, 1.165) is 38.5 Å². The fourth-order valence-corrected chi connectivity index (χ4v) is 8.57. The molecule has 4 fully saturated rings. The fourth-order valence-electron chi connectivity index (χ4n) is 8.57. The zero-order valence-electron chi connectivity index (χ0n) is 18.7. The van der Waals surface area contributed by atoms with Crippen LogP contribution in [0.1, 0.15) is 65.2 Å². The molecule has 29 heavy (non-hydrogen) atoms. The molecule has 0 aromatic rings. The summed E-state index contributed by atoms with van der Waals surface area (Å²) in [4.78, 5) is 12.9. The first-order valence-corrected chi connectivity index (χ1v) is 11.7. The van der Waals surface area contributed by atoms with Crippen LogP contribution in [0.3, 0.4) is 0 Å². The second kappa shape index (κ2) is 8.22. The molecular weight excluding hydrogens is 368 g/mol. The molecule has 0 amide bonds. The Kier molecular flexibility index (Phi) is 6.16. The molecule has 0 bridgehead atoms. The Labute approximate surface area is 175 Å². The number of ketones is 1. The van der Waals surface area contributed by atoms with Crippen molar-refractivity contribution in [3.63, 3.8) is 0 Å². The molecule has 0 spiro atoms. The molecule has 5 nitrogen and oxygen atoms in total. The van der Waals surface area contributed by atoms with Gasteiger partial charge in [0.25, 0.3) is 0 Å². The van der Waals surface area contributed by atoms with E-state index in [1.165, 1.54) is 12.8 Å². The van der Waals surface area contributed by atoms with Gasteiger partial charge in [0.2, 0.25) is 0 Å². The summed E-state index contributed by atoms with van der Waals surface area (Å²) >= 11 is 0. The van der Waals surface area contributed by atoms with E-state index in [2.05, 4.69) is 6.92 Å². The molecular formula is C24H40O5. The number of aliphatic hydroxyl groups is 1. The highest BCUT2D eigenvalue weighted by molar-refractivity contribution is 5.83. The second-order valence-corrected chi connectivity index (χ2v) is 10.6. The molecule has 4 aliphatic rings. The molecule has 0 radical (unpaired) electrons. The fraction of sp³-hybridized carbons (Fsp3) is 0.958. The number of carbonyl (C=O) groups is 1. The lowest BCUT2D eigenvalue weighted by Gasteiger charge is -2.62. The Bertz CT molecular complexity index is 608. The Morgan fingerprint density at radius 3 is 2.52 bits per heavy atom. The van der Waals surface area contributed by atoms with Gasteiger partial charge in [-0.3, -0.25) is 4.79 Å². The molecule has 166 valence electrons. The third-order valence-corrected chi connectivity index (χ3v) is 9.90. The molecule has 5 heteroatoms. The quantitative estimate of drug-likeness (QED) is 0.677. The molecule has 9 atom stereocenters. The standard InChI is InChI=1S/C24H40O5/c1-15(26)24-10-9-19-18(20(24)8-6-17(24)13-25)7-5-16-11-21(29-14-27-3)22(28-4)12-23(16,19)2/h16-22,25H,5-14H2,1-4H3/t16-,17+,18?,19?,20?,21-,22-,23-,24+/m0/s1. The van der Waals surface area contributed by atoms with Crippen molar-refractivity contribution >= 4 is 5.78 Å². The highest BCUT2D eigenvalue weighted by Crippen LogP contribution is 2.67. The number of carbonyl (C=O) groups excluding carboxylic acids is 1. The predicted octanol–water partition coefficient (Wildman–Crippen LogP) is 3.82. The first-order valence-electron chi connectivity index (χ1n) is 11.7. The van der Waals surface area contributed by atoms with Crippen LogP contribution < -0.4 is 0 Å². The van der Waals surface area contributed by atoms with Crippen LogP contribution in [-0.2, 0) is 19.0 Å². The van der Waals surface area contributed by atoms with Crippen molar-refractivity contribution in [2.75, 3.05) is 27.6 Å². The maximum absolute atomic E-state index is 12.9. The van der Waals surface area contributed by atoms with E-state index in [9.17, 15) is 9.90 Å². The maximum Gasteiger partial charge on any atom is 0.146 e. The monoisotopic (exact) mass is 408 g/mol. The minimum absolute atomic E-state index is 0.110. The van der Waals surface area contributed by atoms with E-state index in [-0.39, 0.29) is 35.6 Å². The Balaban J connectivity index is 1.59. The average molecular weight is 409 g/mol. The largest absolute Gasteiger partial charge is 0.396 e. The summed E-state index contributed by atoms with van der Waals surface area (Å²) in [5.41, 5.74) is -0.0185. The van der Waals surface area contributed by atoms with Crippen molar-refractivity contribution in [3.05, 3.63) is 0 Å². The normalized spacial score (nSPS) is 49.2. The summed E-state index contributed by atoms with van der Waals surface area (Å²) < 4.78 is 17.1. The minimum Gasteiger partial charge on any atom is -0.396 e. The van der Waals surface area contributed by atoms with E-state index in [4.69, 9.17) is 14.2 Å². The summed E-state index contributed by atoms with van der Waals surface area (Å²) in [6, 6.07) is 0. The van der Waals surface area contributed by atoms with Gasteiger partial charge < -0.3 is 19.3 Å². The lowest BCUT2D eigenvalue weighted by atomic mass is 9.43. The van der Waals surface area contributed by atoms with E-state index in [1.807, 2.05) is 7.11 Å². The maximum atomic E-state index is 12.9. The summed E-state index contributed by atoms with van der Waals surface area (Å²) in [5, 5.41) is 10.0. The van der Waals surface area contributed by atoms with Crippen molar-refractivity contribution in [2.45, 2.75) is 77.4 Å². The second-order valence-electron chi connectivity index (χ2n) is 10.6. The van der Waals surface area contributed by atoms with Crippen LogP contribution in [-0.4, -0.2) is 50.7 Å². The van der Waals surface area contributed by atoms with Gasteiger partial charge in [-0.15, -0.1) is 0 Å². The van der Waals surface area contributed by atoms with Crippen molar-refractivity contribution < 1.29 is 24.1 Å². The summed E-state index contributed by atoms with van der Waals surface area (Å²) in [6.45, 7) is 4.77. The molecule has 4 rings (SSSR count). The van der Waals surface area contributed by atoms with Gasteiger partial charge in [-0.2, -0.15) is 0 Å². The number of aliphatic hydroxyl groups excluding tert-OH is 1. The van der Waals surface area contributed by atoms with Crippen molar-refractivity contribution in [3.8, 4) is 0 Å². The zero-order chi connectivity index (χ0) is 20.8. The van der Waals surface area contributed by atoms with Gasteiger partial charge in [0, 0.05) is 26.2 Å². The van der Waals surface area contributed by atoms with E-state index >= 15 is 0 Å². The number of Topliss-reactive ketones (excluding diaryl/α,β-unsaturated/α-hetero) is 1. The number of hydrogen-bond donors (Lipinski definition) is 1. The van der Waals surface area contributed by atoms with Crippen molar-refractivity contribution in [1.29, 1.82) is 0 Å². The first kappa shape index (κ1) is 21.7. The van der Waals surface area contributed by atoms with Crippen LogP contribution in [0.15, 0.2) is 0 Å². The molecule has 1 N–H and O–H groups in total. The van der Waals surface area contributed by atoms with Crippen LogP contribution in [0.2, 0.25) is 0 Å². The Morgan fingerprint density at radius 1 is 1.07 bits per heavy atom. The van der Waals surface area contributed by atoms with Gasteiger partial charge in [-0.05, 0) is 93.3 Å². The Morgan fingerprint density at radius 2 is 1.86 bits per heavy atom. The molecule has 3 unspecified atom stereocenters. The number of fused-ring (bicyclic) bond motifs is 5. The number of ether oxygens (including phenoxy) is 3.